The Morgan fingerprint density at radius 2 is 1.30 bits per heavy atom. The van der Waals surface area contributed by atoms with Crippen molar-refractivity contribution in [3.63, 3.8) is 0 Å². The van der Waals surface area contributed by atoms with E-state index < -0.39 is 96.4 Å². The molecule has 13 N–H and O–H groups in total. The average Bonchev–Trinajstić information content (AvgIpc) is 3.11. The van der Waals surface area contributed by atoms with Crippen LogP contribution in [0.4, 0.5) is 4.79 Å². The standard InChI is InChI=1S/C38H49N3O15/c1-21(2)30(41-33(45)40-37(52,53)36(50,51)38(41,54)55)32(44)39-29(35(48,49)25-16-9-6-10-17-25)19-28(43)27(34(46,47)24-14-7-5-8-15-24)18-26(42)20-56-31-22(3)12-11-13-23(31)4/h5-17,21,27-30,43,46-55H,18-20H2,1-4H3,(H,39,44)(H,40,45). The number of carbonyl (C=O) groups excluding carboxylic acids is 3. The molecule has 1 fully saturated rings. The van der Waals surface area contributed by atoms with Gasteiger partial charge in [-0.3, -0.25) is 19.8 Å². The van der Waals surface area contributed by atoms with Crippen LogP contribution < -0.4 is 15.4 Å². The summed E-state index contributed by atoms with van der Waals surface area (Å²) in [5, 5.41) is 124. The van der Waals surface area contributed by atoms with Gasteiger partial charge in [-0.05, 0) is 37.3 Å². The van der Waals surface area contributed by atoms with Crippen LogP contribution in [0.3, 0.4) is 0 Å². The fourth-order valence-electron chi connectivity index (χ4n) is 6.68. The number of benzene rings is 3. The Morgan fingerprint density at radius 1 is 0.804 bits per heavy atom. The van der Waals surface area contributed by atoms with Crippen molar-refractivity contribution >= 4 is 17.7 Å². The summed E-state index contributed by atoms with van der Waals surface area (Å²) in [5.41, 5.74) is 1.02. The van der Waals surface area contributed by atoms with Gasteiger partial charge in [0.05, 0.1) is 18.1 Å². The Morgan fingerprint density at radius 3 is 1.80 bits per heavy atom. The van der Waals surface area contributed by atoms with Gasteiger partial charge in [0.1, 0.15) is 18.4 Å². The van der Waals surface area contributed by atoms with Crippen molar-refractivity contribution in [2.75, 3.05) is 6.61 Å². The number of ether oxygens (including phenoxy) is 1. The quantitative estimate of drug-likeness (QED) is 0.0711. The molecule has 0 spiro atoms. The molecular weight excluding hydrogens is 738 g/mol. The van der Waals surface area contributed by atoms with Gasteiger partial charge in [0.25, 0.3) is 0 Å². The van der Waals surface area contributed by atoms with Crippen LogP contribution >= 0.6 is 0 Å². The highest BCUT2D eigenvalue weighted by molar-refractivity contribution is 5.88. The van der Waals surface area contributed by atoms with E-state index in [0.29, 0.717) is 5.75 Å². The van der Waals surface area contributed by atoms with Crippen molar-refractivity contribution in [3.05, 3.63) is 101 Å². The summed E-state index contributed by atoms with van der Waals surface area (Å²) in [6, 6.07) is 13.2. The third-order valence-corrected chi connectivity index (χ3v) is 9.86. The first-order chi connectivity index (χ1) is 25.9. The van der Waals surface area contributed by atoms with Crippen LogP contribution in [0, 0.1) is 25.7 Å². The van der Waals surface area contributed by atoms with E-state index in [-0.39, 0.29) is 16.0 Å². The highest BCUT2D eigenvalue weighted by Crippen LogP contribution is 2.38. The zero-order valence-corrected chi connectivity index (χ0v) is 31.0. The molecule has 4 rings (SSSR count). The highest BCUT2D eigenvalue weighted by Gasteiger charge is 2.72. The zero-order valence-electron chi connectivity index (χ0n) is 31.0. The van der Waals surface area contributed by atoms with Crippen LogP contribution in [0.5, 0.6) is 5.75 Å². The number of carbonyl (C=O) groups is 3. The molecule has 1 aliphatic heterocycles. The van der Waals surface area contributed by atoms with Crippen LogP contribution in [0.2, 0.25) is 0 Å². The molecule has 0 aromatic heterocycles. The molecule has 0 radical (unpaired) electrons. The van der Waals surface area contributed by atoms with Crippen molar-refractivity contribution < 1.29 is 75.3 Å². The van der Waals surface area contributed by atoms with Gasteiger partial charge in [-0.25, -0.2) is 4.79 Å². The van der Waals surface area contributed by atoms with Gasteiger partial charge in [0.2, 0.25) is 11.7 Å². The van der Waals surface area contributed by atoms with Gasteiger partial charge in [-0.2, -0.15) is 0 Å². The molecule has 18 heteroatoms. The van der Waals surface area contributed by atoms with E-state index in [2.05, 4.69) is 5.32 Å². The lowest BCUT2D eigenvalue weighted by Crippen LogP contribution is -2.86. The van der Waals surface area contributed by atoms with E-state index in [1.54, 1.807) is 38.1 Å². The van der Waals surface area contributed by atoms with E-state index in [1.807, 2.05) is 0 Å². The number of nitrogens with zero attached hydrogens (tertiary/aromatic N) is 1. The minimum atomic E-state index is -4.34. The van der Waals surface area contributed by atoms with Gasteiger partial charge in [-0.1, -0.05) is 92.7 Å². The van der Waals surface area contributed by atoms with Crippen molar-refractivity contribution in [2.45, 2.75) is 87.9 Å². The Bertz CT molecular complexity index is 1830. The second-order valence-corrected chi connectivity index (χ2v) is 14.4. The van der Waals surface area contributed by atoms with Crippen molar-refractivity contribution in [3.8, 4) is 5.75 Å². The minimum Gasteiger partial charge on any atom is -0.485 e. The first kappa shape index (κ1) is 44.1. The van der Waals surface area contributed by atoms with Gasteiger partial charge >= 0.3 is 23.6 Å². The molecule has 0 bridgehead atoms. The van der Waals surface area contributed by atoms with E-state index >= 15 is 0 Å². The van der Waals surface area contributed by atoms with E-state index in [1.165, 1.54) is 73.8 Å². The number of urea groups is 1. The molecular formula is C38H49N3O15. The van der Waals surface area contributed by atoms with Gasteiger partial charge < -0.3 is 66.2 Å². The number of amides is 3. The van der Waals surface area contributed by atoms with Crippen molar-refractivity contribution in [1.29, 1.82) is 0 Å². The molecule has 0 saturated carbocycles. The Hall–Kier alpha value is -4.57. The molecule has 1 heterocycles. The SMILES string of the molecule is Cc1cccc(C)c1OCC(=O)CC(C(O)CC(NC(=O)C(C(C)C)N1C(=O)NC(O)(O)C(O)(O)C1(O)O)C(O)(O)c1ccccc1)C(O)(O)c1ccccc1. The summed E-state index contributed by atoms with van der Waals surface area (Å²) in [6.45, 7) is 5.49. The van der Waals surface area contributed by atoms with Crippen LogP contribution in [0.15, 0.2) is 78.9 Å². The first-order valence-corrected chi connectivity index (χ1v) is 17.5. The number of aliphatic hydroxyl groups is 11. The number of para-hydroxylation sites is 1. The third kappa shape index (κ3) is 8.70. The molecule has 4 unspecified atom stereocenters. The topological polar surface area (TPSA) is 310 Å². The van der Waals surface area contributed by atoms with E-state index in [0.717, 1.165) is 11.1 Å². The molecule has 306 valence electrons. The lowest BCUT2D eigenvalue weighted by atomic mass is 9.80. The maximum atomic E-state index is 14.1. The number of hydrogen-bond donors (Lipinski definition) is 13. The Kier molecular flexibility index (Phi) is 13.0. The van der Waals surface area contributed by atoms with Crippen LogP contribution in [-0.4, -0.2) is 121 Å². The summed E-state index contributed by atoms with van der Waals surface area (Å²) in [4.78, 5) is 40.3. The number of Topliss-reactive ketones (excluding diaryl/α,β-unsaturated/α-hetero) is 1. The largest absolute Gasteiger partial charge is 0.485 e. The van der Waals surface area contributed by atoms with Crippen LogP contribution in [0.25, 0.3) is 0 Å². The van der Waals surface area contributed by atoms with Gasteiger partial charge in [0, 0.05) is 17.5 Å². The minimum absolute atomic E-state index is 0.158. The van der Waals surface area contributed by atoms with Crippen molar-refractivity contribution in [1.82, 2.24) is 15.5 Å². The fourth-order valence-corrected chi connectivity index (χ4v) is 6.68. The van der Waals surface area contributed by atoms with E-state index in [9.17, 15) is 70.6 Å². The van der Waals surface area contributed by atoms with Crippen molar-refractivity contribution in [2.24, 2.45) is 11.8 Å². The molecule has 3 amide bonds. The summed E-state index contributed by atoms with van der Waals surface area (Å²) >= 11 is 0. The van der Waals surface area contributed by atoms with Crippen LogP contribution in [-0.2, 0) is 21.2 Å². The Labute approximate surface area is 321 Å². The number of nitrogens with one attached hydrogen (secondary N) is 2. The number of rotatable bonds is 16. The molecule has 1 aliphatic rings. The number of hydrogen-bond acceptors (Lipinski definition) is 15. The zero-order chi connectivity index (χ0) is 42.0. The van der Waals surface area contributed by atoms with Crippen LogP contribution in [0.1, 0.15) is 48.9 Å². The summed E-state index contributed by atoms with van der Waals surface area (Å²) in [7, 11) is 0. The predicted octanol–water partition coefficient (Wildman–Crippen LogP) is -1.82. The molecule has 0 aliphatic carbocycles. The molecule has 3 aromatic rings. The molecule has 1 saturated heterocycles. The summed E-state index contributed by atoms with van der Waals surface area (Å²) in [5.74, 6) is -23.5. The van der Waals surface area contributed by atoms with Gasteiger partial charge in [0.15, 0.2) is 11.6 Å². The first-order valence-electron chi connectivity index (χ1n) is 17.5. The smallest absolute Gasteiger partial charge is 0.326 e. The normalized spacial score (nSPS) is 18.7. The van der Waals surface area contributed by atoms with E-state index in [4.69, 9.17) is 4.74 Å². The fraction of sp³-hybridized carbons (Fsp3) is 0.447. The lowest BCUT2D eigenvalue weighted by Gasteiger charge is -2.53. The molecule has 56 heavy (non-hydrogen) atoms. The van der Waals surface area contributed by atoms with Gasteiger partial charge in [-0.15, -0.1) is 0 Å². The monoisotopic (exact) mass is 787 g/mol. The number of ketones is 1. The molecule has 4 atom stereocenters. The Balaban J connectivity index is 1.74. The summed E-state index contributed by atoms with van der Waals surface area (Å²) in [6.07, 6.45) is -3.79. The maximum absolute atomic E-state index is 14.1. The second-order valence-electron chi connectivity index (χ2n) is 14.4. The molecule has 3 aromatic carbocycles. The lowest BCUT2D eigenvalue weighted by molar-refractivity contribution is -0.496. The maximum Gasteiger partial charge on any atom is 0.326 e. The summed E-state index contributed by atoms with van der Waals surface area (Å²) < 4.78 is 5.76. The molecule has 18 nitrogen and oxygen atoms in total. The number of aryl methyl sites for hydroxylation is 2. The average molecular weight is 788 g/mol. The predicted molar refractivity (Wildman–Crippen MR) is 193 cm³/mol. The number of aliphatic hydroxyl groups excluding tert-OH is 1. The second kappa shape index (κ2) is 16.5. The highest BCUT2D eigenvalue weighted by atomic mass is 16.7. The third-order valence-electron chi connectivity index (χ3n) is 9.86.